The molecule has 90 valence electrons. The van der Waals surface area contributed by atoms with Crippen LogP contribution < -0.4 is 0 Å². The van der Waals surface area contributed by atoms with Crippen molar-refractivity contribution in [2.24, 2.45) is 0 Å². The van der Waals surface area contributed by atoms with Gasteiger partial charge in [-0.1, -0.05) is 17.7 Å². The van der Waals surface area contributed by atoms with E-state index in [1.54, 1.807) is 32.2 Å². The summed E-state index contributed by atoms with van der Waals surface area (Å²) < 4.78 is 15.2. The van der Waals surface area contributed by atoms with E-state index in [4.69, 9.17) is 11.6 Å². The SMILES string of the molecule is Cc1nn(-c2ccc(C(C)O)cc2F)cc1Cl. The van der Waals surface area contributed by atoms with Crippen LogP contribution in [0.4, 0.5) is 4.39 Å². The standard InChI is InChI=1S/C12H12ClFN2O/c1-7-10(13)6-16(15-7)12-4-3-9(8(2)17)5-11(12)14/h3-6,8,17H,1-2H3. The number of aromatic nitrogens is 2. The van der Waals surface area contributed by atoms with Gasteiger partial charge in [0.1, 0.15) is 11.5 Å². The first-order valence-corrected chi connectivity index (χ1v) is 5.56. The highest BCUT2D eigenvalue weighted by Gasteiger charge is 2.10. The first-order chi connectivity index (χ1) is 7.99. The molecule has 0 aliphatic carbocycles. The number of hydrogen-bond acceptors (Lipinski definition) is 2. The van der Waals surface area contributed by atoms with Crippen molar-refractivity contribution in [3.05, 3.63) is 46.5 Å². The predicted octanol–water partition coefficient (Wildman–Crippen LogP) is 3.03. The van der Waals surface area contributed by atoms with Crippen LogP contribution in [0.15, 0.2) is 24.4 Å². The van der Waals surface area contributed by atoms with Crippen molar-refractivity contribution in [2.75, 3.05) is 0 Å². The van der Waals surface area contributed by atoms with Crippen molar-refractivity contribution in [1.29, 1.82) is 0 Å². The van der Waals surface area contributed by atoms with Gasteiger partial charge in [0.2, 0.25) is 0 Å². The lowest BCUT2D eigenvalue weighted by atomic mass is 10.1. The third-order valence-electron chi connectivity index (χ3n) is 2.54. The molecule has 1 aromatic carbocycles. The number of rotatable bonds is 2. The quantitative estimate of drug-likeness (QED) is 0.895. The van der Waals surface area contributed by atoms with Gasteiger partial charge >= 0.3 is 0 Å². The van der Waals surface area contributed by atoms with Gasteiger partial charge < -0.3 is 5.11 Å². The molecule has 0 fully saturated rings. The second-order valence-electron chi connectivity index (χ2n) is 3.89. The summed E-state index contributed by atoms with van der Waals surface area (Å²) in [5.74, 6) is -0.442. The van der Waals surface area contributed by atoms with E-state index in [9.17, 15) is 9.50 Å². The minimum absolute atomic E-state index is 0.310. The van der Waals surface area contributed by atoms with Crippen LogP contribution in [0.25, 0.3) is 5.69 Å². The topological polar surface area (TPSA) is 38.0 Å². The summed E-state index contributed by atoms with van der Waals surface area (Å²) in [5.41, 5.74) is 1.48. The van der Waals surface area contributed by atoms with Gasteiger partial charge in [-0.05, 0) is 31.5 Å². The highest BCUT2D eigenvalue weighted by atomic mass is 35.5. The van der Waals surface area contributed by atoms with E-state index in [0.717, 1.165) is 0 Å². The summed E-state index contributed by atoms with van der Waals surface area (Å²) in [4.78, 5) is 0. The molecule has 0 amide bonds. The predicted molar refractivity (Wildman–Crippen MR) is 63.9 cm³/mol. The van der Waals surface area contributed by atoms with E-state index in [2.05, 4.69) is 5.10 Å². The van der Waals surface area contributed by atoms with Gasteiger partial charge in [0, 0.05) is 6.20 Å². The molecule has 2 rings (SSSR count). The lowest BCUT2D eigenvalue weighted by molar-refractivity contribution is 0.199. The van der Waals surface area contributed by atoms with Crippen molar-refractivity contribution in [3.63, 3.8) is 0 Å². The zero-order chi connectivity index (χ0) is 12.6. The maximum atomic E-state index is 13.8. The summed E-state index contributed by atoms with van der Waals surface area (Å²) in [6, 6.07) is 4.53. The second kappa shape index (κ2) is 4.47. The van der Waals surface area contributed by atoms with E-state index in [0.29, 0.717) is 22.0 Å². The molecule has 0 saturated carbocycles. The Morgan fingerprint density at radius 2 is 2.18 bits per heavy atom. The van der Waals surface area contributed by atoms with Crippen molar-refractivity contribution in [1.82, 2.24) is 9.78 Å². The van der Waals surface area contributed by atoms with Gasteiger partial charge in [-0.25, -0.2) is 9.07 Å². The van der Waals surface area contributed by atoms with Crippen LogP contribution in [0.1, 0.15) is 24.3 Å². The summed E-state index contributed by atoms with van der Waals surface area (Å²) in [6.45, 7) is 3.34. The third-order valence-corrected chi connectivity index (χ3v) is 2.91. The van der Waals surface area contributed by atoms with Gasteiger partial charge in [-0.15, -0.1) is 0 Å². The highest BCUT2D eigenvalue weighted by Crippen LogP contribution is 2.21. The second-order valence-corrected chi connectivity index (χ2v) is 4.30. The maximum Gasteiger partial charge on any atom is 0.149 e. The average molecular weight is 255 g/mol. The summed E-state index contributed by atoms with van der Waals surface area (Å²) in [6.07, 6.45) is 0.860. The van der Waals surface area contributed by atoms with Crippen LogP contribution in [0.5, 0.6) is 0 Å². The average Bonchev–Trinajstić information content (AvgIpc) is 2.58. The molecule has 0 saturated heterocycles. The number of halogens is 2. The van der Waals surface area contributed by atoms with Crippen molar-refractivity contribution in [2.45, 2.75) is 20.0 Å². The Morgan fingerprint density at radius 1 is 1.47 bits per heavy atom. The minimum atomic E-state index is -0.693. The largest absolute Gasteiger partial charge is 0.389 e. The van der Waals surface area contributed by atoms with Crippen LogP contribution in [0.2, 0.25) is 5.02 Å². The fourth-order valence-corrected chi connectivity index (χ4v) is 1.66. The van der Waals surface area contributed by atoms with Gasteiger partial charge in [0.25, 0.3) is 0 Å². The van der Waals surface area contributed by atoms with Crippen molar-refractivity contribution in [3.8, 4) is 5.69 Å². The molecule has 1 heterocycles. The van der Waals surface area contributed by atoms with E-state index < -0.39 is 11.9 Å². The Balaban J connectivity index is 2.46. The van der Waals surface area contributed by atoms with Crippen LogP contribution in [-0.4, -0.2) is 14.9 Å². The molecule has 0 bridgehead atoms. The number of hydrogen-bond donors (Lipinski definition) is 1. The number of aryl methyl sites for hydroxylation is 1. The summed E-state index contributed by atoms with van der Waals surface area (Å²) in [7, 11) is 0. The molecular formula is C12H12ClFN2O. The number of aliphatic hydroxyl groups is 1. The van der Waals surface area contributed by atoms with E-state index in [1.165, 1.54) is 10.7 Å². The molecule has 3 nitrogen and oxygen atoms in total. The maximum absolute atomic E-state index is 13.8. The Hall–Kier alpha value is -1.39. The molecule has 2 aromatic rings. The molecule has 0 aliphatic rings. The Kier molecular flexibility index (Phi) is 3.17. The number of aliphatic hydroxyl groups excluding tert-OH is 1. The molecule has 1 atom stereocenters. The monoisotopic (exact) mass is 254 g/mol. The number of nitrogens with zero attached hydrogens (tertiary/aromatic N) is 2. The fourth-order valence-electron chi connectivity index (χ4n) is 1.53. The van der Waals surface area contributed by atoms with Gasteiger partial charge in [0.05, 0.1) is 16.8 Å². The molecule has 5 heteroatoms. The Morgan fingerprint density at radius 3 is 2.65 bits per heavy atom. The Labute approximate surface area is 103 Å². The molecule has 17 heavy (non-hydrogen) atoms. The molecule has 1 N–H and O–H groups in total. The van der Waals surface area contributed by atoms with Crippen LogP contribution in [0.3, 0.4) is 0 Å². The molecule has 0 radical (unpaired) electrons. The molecular weight excluding hydrogens is 243 g/mol. The molecule has 1 unspecified atom stereocenters. The summed E-state index contributed by atoms with van der Waals surface area (Å²) >= 11 is 5.87. The zero-order valence-electron chi connectivity index (χ0n) is 9.48. The first-order valence-electron chi connectivity index (χ1n) is 5.18. The van der Waals surface area contributed by atoms with Crippen LogP contribution in [-0.2, 0) is 0 Å². The van der Waals surface area contributed by atoms with Crippen LogP contribution in [0, 0.1) is 12.7 Å². The molecule has 1 aromatic heterocycles. The van der Waals surface area contributed by atoms with E-state index in [-0.39, 0.29) is 0 Å². The molecule has 0 aliphatic heterocycles. The van der Waals surface area contributed by atoms with Gasteiger partial charge in [-0.3, -0.25) is 0 Å². The molecule has 0 spiro atoms. The summed E-state index contributed by atoms with van der Waals surface area (Å²) in [5, 5.41) is 13.9. The normalized spacial score (nSPS) is 12.8. The van der Waals surface area contributed by atoms with Gasteiger partial charge in [0.15, 0.2) is 0 Å². The smallest absolute Gasteiger partial charge is 0.149 e. The lowest BCUT2D eigenvalue weighted by Gasteiger charge is -2.08. The lowest BCUT2D eigenvalue weighted by Crippen LogP contribution is -2.01. The van der Waals surface area contributed by atoms with E-state index >= 15 is 0 Å². The van der Waals surface area contributed by atoms with E-state index in [1.807, 2.05) is 0 Å². The minimum Gasteiger partial charge on any atom is -0.389 e. The highest BCUT2D eigenvalue weighted by molar-refractivity contribution is 6.31. The first kappa shape index (κ1) is 12.1. The van der Waals surface area contributed by atoms with Crippen molar-refractivity contribution >= 4 is 11.6 Å². The van der Waals surface area contributed by atoms with Crippen molar-refractivity contribution < 1.29 is 9.50 Å². The zero-order valence-corrected chi connectivity index (χ0v) is 10.2. The number of benzene rings is 1. The third kappa shape index (κ3) is 2.33. The fraction of sp³-hybridized carbons (Fsp3) is 0.250. The Bertz CT molecular complexity index is 532. The van der Waals surface area contributed by atoms with Gasteiger partial charge in [-0.2, -0.15) is 5.10 Å². The van der Waals surface area contributed by atoms with Crippen LogP contribution >= 0.6 is 11.6 Å².